The van der Waals surface area contributed by atoms with E-state index in [9.17, 15) is 0 Å². The predicted molar refractivity (Wildman–Crippen MR) is 95.3 cm³/mol. The van der Waals surface area contributed by atoms with Crippen molar-refractivity contribution in [2.24, 2.45) is 0 Å². The summed E-state index contributed by atoms with van der Waals surface area (Å²) in [4.78, 5) is 0.712. The molecule has 22 heavy (non-hydrogen) atoms. The number of rotatable bonds is 0. The summed E-state index contributed by atoms with van der Waals surface area (Å²) < 4.78 is 5.73. The Kier molecular flexibility index (Phi) is 4.99. The molecule has 1 aliphatic heterocycles. The topological polar surface area (TPSA) is 25.2 Å². The highest BCUT2D eigenvalue weighted by atomic mass is 35.5. The van der Waals surface area contributed by atoms with Gasteiger partial charge in [0.15, 0.2) is 0 Å². The van der Waals surface area contributed by atoms with Gasteiger partial charge in [-0.05, 0) is 31.2 Å². The van der Waals surface area contributed by atoms with Crippen molar-refractivity contribution >= 4 is 46.8 Å². The highest BCUT2D eigenvalue weighted by Crippen LogP contribution is 2.28. The second-order valence-corrected chi connectivity index (χ2v) is 6.27. The van der Waals surface area contributed by atoms with Crippen LogP contribution in [0, 0.1) is 0 Å². The predicted octanol–water partition coefficient (Wildman–Crippen LogP) is 5.36. The van der Waals surface area contributed by atoms with E-state index in [1.54, 1.807) is 18.2 Å². The Bertz CT molecular complexity index is 780. The Morgan fingerprint density at radius 1 is 1.05 bits per heavy atom. The van der Waals surface area contributed by atoms with Gasteiger partial charge in [0.05, 0.1) is 16.6 Å². The number of hydrogen-bond acceptors (Lipinski definition) is 3. The van der Waals surface area contributed by atoms with Crippen molar-refractivity contribution in [1.82, 2.24) is 5.32 Å². The molecule has 0 saturated heterocycles. The molecule has 2 aromatic carbocycles. The number of para-hydroxylation sites is 1. The van der Waals surface area contributed by atoms with E-state index >= 15 is 0 Å². The molecule has 3 aromatic rings. The van der Waals surface area contributed by atoms with Crippen LogP contribution in [0.25, 0.3) is 11.0 Å². The van der Waals surface area contributed by atoms with E-state index in [2.05, 4.69) is 30.1 Å². The van der Waals surface area contributed by atoms with Crippen molar-refractivity contribution < 1.29 is 4.42 Å². The van der Waals surface area contributed by atoms with Crippen LogP contribution in [0.2, 0.25) is 10.0 Å². The number of benzene rings is 2. The molecular weight excluding hydrogens is 337 g/mol. The zero-order valence-electron chi connectivity index (χ0n) is 11.8. The first-order chi connectivity index (χ1) is 10.7. The normalized spacial score (nSPS) is 13.4. The molecule has 0 fully saturated rings. The van der Waals surface area contributed by atoms with Gasteiger partial charge in [0.25, 0.3) is 0 Å². The summed E-state index contributed by atoms with van der Waals surface area (Å²) in [6, 6.07) is 13.6. The van der Waals surface area contributed by atoms with Crippen molar-refractivity contribution in [2.45, 2.75) is 17.9 Å². The van der Waals surface area contributed by atoms with Crippen LogP contribution >= 0.6 is 35.8 Å². The summed E-state index contributed by atoms with van der Waals surface area (Å²) >= 11 is 15.4. The van der Waals surface area contributed by atoms with E-state index in [-0.39, 0.29) is 0 Å². The van der Waals surface area contributed by atoms with Gasteiger partial charge >= 0.3 is 0 Å². The third-order valence-electron chi connectivity index (χ3n) is 3.55. The summed E-state index contributed by atoms with van der Waals surface area (Å²) in [5.74, 6) is 1.12. The van der Waals surface area contributed by atoms with Crippen LogP contribution in [0.3, 0.4) is 0 Å². The first kappa shape index (κ1) is 15.8. The van der Waals surface area contributed by atoms with Crippen LogP contribution in [-0.2, 0) is 13.0 Å². The molecule has 0 aliphatic carbocycles. The lowest BCUT2D eigenvalue weighted by molar-refractivity contribution is 0.488. The summed E-state index contributed by atoms with van der Waals surface area (Å²) in [6.07, 6.45) is 1.09. The fraction of sp³-hybridized carbons (Fsp3) is 0.176. The summed E-state index contributed by atoms with van der Waals surface area (Å²) in [7, 11) is 0. The smallest absolute Gasteiger partial charge is 0.134 e. The fourth-order valence-electron chi connectivity index (χ4n) is 2.47. The Labute approximate surface area is 144 Å². The number of nitrogens with one attached hydrogen (secondary N) is 1. The van der Waals surface area contributed by atoms with Gasteiger partial charge in [0.1, 0.15) is 11.3 Å². The lowest BCUT2D eigenvalue weighted by atomic mass is 10.1. The van der Waals surface area contributed by atoms with Crippen LogP contribution in [0.15, 0.2) is 51.8 Å². The monoisotopic (exact) mass is 351 g/mol. The Morgan fingerprint density at radius 2 is 1.86 bits per heavy atom. The highest BCUT2D eigenvalue weighted by molar-refractivity contribution is 7.80. The third-order valence-corrected chi connectivity index (χ3v) is 4.87. The van der Waals surface area contributed by atoms with Gasteiger partial charge in [0.2, 0.25) is 0 Å². The van der Waals surface area contributed by atoms with E-state index < -0.39 is 0 Å². The third kappa shape index (κ3) is 3.28. The van der Waals surface area contributed by atoms with Crippen LogP contribution in [0.5, 0.6) is 0 Å². The molecule has 0 radical (unpaired) electrons. The number of thiol groups is 1. The lowest BCUT2D eigenvalue weighted by Gasteiger charge is -2.10. The number of hydrogen-bond donors (Lipinski definition) is 2. The van der Waals surface area contributed by atoms with Crippen LogP contribution < -0.4 is 5.32 Å². The van der Waals surface area contributed by atoms with Gasteiger partial charge in [-0.25, -0.2) is 0 Å². The SMILES string of the molecule is Sc1cccc(Cl)c1Cl.c1ccc2c3c(oc2c1)CNCC3. The molecule has 0 spiro atoms. The van der Waals surface area contributed by atoms with Gasteiger partial charge < -0.3 is 9.73 Å². The molecule has 0 bridgehead atoms. The van der Waals surface area contributed by atoms with E-state index in [4.69, 9.17) is 27.6 Å². The van der Waals surface area contributed by atoms with Crippen molar-refractivity contribution in [3.63, 3.8) is 0 Å². The molecular formula is C17H15Cl2NOS. The summed E-state index contributed by atoms with van der Waals surface area (Å²) in [5.41, 5.74) is 2.42. The van der Waals surface area contributed by atoms with Crippen molar-refractivity contribution in [3.8, 4) is 0 Å². The van der Waals surface area contributed by atoms with Gasteiger partial charge in [0, 0.05) is 15.8 Å². The molecule has 0 atom stereocenters. The van der Waals surface area contributed by atoms with Crippen molar-refractivity contribution in [3.05, 3.63) is 63.8 Å². The van der Waals surface area contributed by atoms with Crippen LogP contribution in [-0.4, -0.2) is 6.54 Å². The molecule has 1 N–H and O–H groups in total. The highest BCUT2D eigenvalue weighted by Gasteiger charge is 2.16. The minimum Gasteiger partial charge on any atom is -0.459 e. The lowest BCUT2D eigenvalue weighted by Crippen LogP contribution is -2.22. The van der Waals surface area contributed by atoms with E-state index in [1.165, 1.54) is 10.9 Å². The summed E-state index contributed by atoms with van der Waals surface area (Å²) in [6.45, 7) is 1.94. The minimum atomic E-state index is 0.516. The fourth-order valence-corrected chi connectivity index (χ4v) is 3.05. The van der Waals surface area contributed by atoms with E-state index in [0.29, 0.717) is 14.9 Å². The average molecular weight is 352 g/mol. The van der Waals surface area contributed by atoms with Crippen LogP contribution in [0.1, 0.15) is 11.3 Å². The zero-order valence-corrected chi connectivity index (χ0v) is 14.2. The second kappa shape index (κ2) is 6.97. The van der Waals surface area contributed by atoms with Crippen LogP contribution in [0.4, 0.5) is 0 Å². The second-order valence-electron chi connectivity index (χ2n) is 5.00. The molecule has 114 valence electrons. The maximum atomic E-state index is 5.73. The van der Waals surface area contributed by atoms with Gasteiger partial charge in [-0.3, -0.25) is 0 Å². The maximum absolute atomic E-state index is 5.73. The average Bonchev–Trinajstić information content (AvgIpc) is 2.92. The number of furan rings is 1. The molecule has 2 heterocycles. The van der Waals surface area contributed by atoms with Gasteiger partial charge in [-0.15, -0.1) is 12.6 Å². The van der Waals surface area contributed by atoms with Crippen molar-refractivity contribution in [1.29, 1.82) is 0 Å². The number of halogens is 2. The maximum Gasteiger partial charge on any atom is 0.134 e. The molecule has 5 heteroatoms. The first-order valence-corrected chi connectivity index (χ1v) is 8.20. The van der Waals surface area contributed by atoms with Gasteiger partial charge in [-0.2, -0.15) is 0 Å². The Balaban J connectivity index is 0.000000142. The number of fused-ring (bicyclic) bond motifs is 3. The molecule has 2 nitrogen and oxygen atoms in total. The van der Waals surface area contributed by atoms with Gasteiger partial charge in [-0.1, -0.05) is 47.5 Å². The molecule has 4 rings (SSSR count). The quantitative estimate of drug-likeness (QED) is 0.533. The standard InChI is InChI=1S/C11H11NO.C6H4Cl2S/c1-2-4-10-8(3-1)9-5-6-12-7-11(9)13-10;7-4-2-1-3-5(9)6(4)8/h1-4,12H,5-7H2;1-3,9H. The van der Waals surface area contributed by atoms with Crippen molar-refractivity contribution in [2.75, 3.05) is 6.54 Å². The van der Waals surface area contributed by atoms with E-state index in [0.717, 1.165) is 30.9 Å². The zero-order chi connectivity index (χ0) is 15.5. The minimum absolute atomic E-state index is 0.516. The molecule has 0 saturated carbocycles. The first-order valence-electron chi connectivity index (χ1n) is 7.00. The largest absolute Gasteiger partial charge is 0.459 e. The molecule has 1 aromatic heterocycles. The van der Waals surface area contributed by atoms with E-state index in [1.807, 2.05) is 12.1 Å². The Morgan fingerprint density at radius 3 is 2.64 bits per heavy atom. The Hall–Kier alpha value is -1.13. The summed E-state index contributed by atoms with van der Waals surface area (Å²) in [5, 5.41) is 5.66. The molecule has 0 unspecified atom stereocenters. The molecule has 0 amide bonds. The molecule has 1 aliphatic rings.